The molecule has 0 saturated carbocycles. The Balaban J connectivity index is 0.000000238. The first-order valence-corrected chi connectivity index (χ1v) is 27.8. The molecule has 0 spiro atoms. The van der Waals surface area contributed by atoms with Crippen LogP contribution in [0, 0.1) is 13.8 Å². The molecular weight excluding hydrogens is 1100 g/mol. The minimum Gasteiger partial charge on any atom is -0.478 e. The normalized spacial score (nSPS) is 14.6. The van der Waals surface area contributed by atoms with E-state index in [1.54, 1.807) is 21.5 Å². The lowest BCUT2D eigenvalue weighted by molar-refractivity contribution is -0.142. The van der Waals surface area contributed by atoms with Crippen LogP contribution in [0.25, 0.3) is 22.5 Å². The SMILES string of the molecule is Cc1ccccc1-c1ccn(CCCCN2CCN(c3cc(C(F)(F)F)nc(C(C)(C)C)n3)CC2)c(=O)n1.Cc1ccccc1-c1ccn(CCCCN2CCN(c3cc(C(F)(F)F)nc(C(C)(C)C)n3)CC2)c(=O)n1.O=C(O)/C=C/C(=O)O. The molecule has 2 saturated heterocycles. The first-order chi connectivity index (χ1) is 39.5. The summed E-state index contributed by atoms with van der Waals surface area (Å²) in [6.45, 7) is 23.1. The Hall–Kier alpha value is -7.86. The molecular formula is C60H74F6N12O6. The van der Waals surface area contributed by atoms with Gasteiger partial charge in [-0.2, -0.15) is 36.3 Å². The lowest BCUT2D eigenvalue weighted by Gasteiger charge is -2.36. The molecule has 24 heteroatoms. The molecule has 18 nitrogen and oxygen atoms in total. The number of aromatic nitrogens is 8. The molecule has 0 aliphatic carbocycles. The molecule has 6 heterocycles. The Bertz CT molecular complexity index is 3050. The van der Waals surface area contributed by atoms with Crippen LogP contribution < -0.4 is 21.2 Å². The van der Waals surface area contributed by atoms with Gasteiger partial charge in [0.2, 0.25) is 0 Å². The number of anilines is 2. The maximum Gasteiger partial charge on any atom is 0.433 e. The summed E-state index contributed by atoms with van der Waals surface area (Å²) < 4.78 is 84.0. The molecule has 0 radical (unpaired) electrons. The number of unbranched alkanes of at least 4 members (excludes halogenated alkanes) is 2. The number of benzene rings is 2. The van der Waals surface area contributed by atoms with Crippen LogP contribution >= 0.6 is 0 Å². The zero-order valence-electron chi connectivity index (χ0n) is 48.7. The number of halogens is 6. The molecule has 4 aromatic heterocycles. The molecule has 0 amide bonds. The Kier molecular flexibility index (Phi) is 22.2. The average molecular weight is 1170 g/mol. The molecule has 2 fully saturated rings. The minimum atomic E-state index is -4.52. The molecule has 452 valence electrons. The van der Waals surface area contributed by atoms with Crippen molar-refractivity contribution in [1.82, 2.24) is 48.8 Å². The van der Waals surface area contributed by atoms with Gasteiger partial charge in [-0.05, 0) is 75.9 Å². The largest absolute Gasteiger partial charge is 0.478 e. The first-order valence-electron chi connectivity index (χ1n) is 27.8. The summed E-state index contributed by atoms with van der Waals surface area (Å²) >= 11 is 0. The summed E-state index contributed by atoms with van der Waals surface area (Å²) in [6, 6.07) is 21.6. The highest BCUT2D eigenvalue weighted by atomic mass is 19.4. The number of hydrogen-bond donors (Lipinski definition) is 2. The average Bonchev–Trinajstić information content (AvgIpc) is 2.21. The van der Waals surface area contributed by atoms with Gasteiger partial charge < -0.3 is 20.0 Å². The standard InChI is InChI=1S/2C28H35F3N6O.C4H4O4/c2*1-20-9-5-6-10-21(20)22-11-14-37(26(38)32-22)13-8-7-12-35-15-17-36(18-16-35)24-19-23(28(29,30)31)33-25(34-24)27(2,3)4;5-3(6)1-2-4(7)8/h2*5-6,9-11,14,19H,7-8,12-13,15-18H2,1-4H3;1-2H,(H,5,6)(H,7,8)/b;;2-1+. The van der Waals surface area contributed by atoms with Crippen molar-refractivity contribution < 1.29 is 46.1 Å². The quantitative estimate of drug-likeness (QED) is 0.0525. The summed E-state index contributed by atoms with van der Waals surface area (Å²) in [5.74, 6) is -1.46. The monoisotopic (exact) mass is 1170 g/mol. The second-order valence-electron chi connectivity index (χ2n) is 22.7. The second-order valence-corrected chi connectivity index (χ2v) is 22.7. The van der Waals surface area contributed by atoms with Gasteiger partial charge in [0, 0.05) is 124 Å². The highest BCUT2D eigenvalue weighted by molar-refractivity contribution is 5.89. The van der Waals surface area contributed by atoms with Crippen LogP contribution in [0.4, 0.5) is 38.0 Å². The summed E-state index contributed by atoms with van der Waals surface area (Å²) in [5.41, 5.74) is 1.97. The van der Waals surface area contributed by atoms with Crippen molar-refractivity contribution in [2.45, 2.75) is 117 Å². The van der Waals surface area contributed by atoms with E-state index in [0.29, 0.717) is 74.4 Å². The Morgan fingerprint density at radius 3 is 1.12 bits per heavy atom. The Labute approximate surface area is 484 Å². The van der Waals surface area contributed by atoms with Crippen LogP contribution in [-0.2, 0) is 45.9 Å². The third-order valence-corrected chi connectivity index (χ3v) is 13.9. The third kappa shape index (κ3) is 19.4. The number of nitrogens with zero attached hydrogens (tertiary/aromatic N) is 12. The van der Waals surface area contributed by atoms with E-state index in [9.17, 15) is 45.5 Å². The van der Waals surface area contributed by atoms with E-state index in [2.05, 4.69) is 39.7 Å². The van der Waals surface area contributed by atoms with E-state index in [4.69, 9.17) is 10.2 Å². The van der Waals surface area contributed by atoms with Crippen LogP contribution in [0.2, 0.25) is 0 Å². The lowest BCUT2D eigenvalue weighted by atomic mass is 9.95. The fourth-order valence-electron chi connectivity index (χ4n) is 9.15. The molecule has 6 aromatic rings. The predicted octanol–water partition coefficient (Wildman–Crippen LogP) is 9.57. The van der Waals surface area contributed by atoms with Gasteiger partial charge in [0.15, 0.2) is 0 Å². The first kappa shape index (κ1) is 65.3. The number of carbonyl (C=O) groups is 2. The zero-order valence-corrected chi connectivity index (χ0v) is 48.7. The van der Waals surface area contributed by atoms with Gasteiger partial charge in [0.05, 0.1) is 11.4 Å². The van der Waals surface area contributed by atoms with Crippen molar-refractivity contribution in [2.75, 3.05) is 75.2 Å². The molecule has 2 aliphatic rings. The topological polar surface area (TPSA) is 209 Å². The van der Waals surface area contributed by atoms with Gasteiger partial charge in [0.1, 0.15) is 34.7 Å². The third-order valence-electron chi connectivity index (χ3n) is 13.9. The van der Waals surface area contributed by atoms with Gasteiger partial charge in [0.25, 0.3) is 0 Å². The van der Waals surface area contributed by atoms with Gasteiger partial charge >= 0.3 is 35.7 Å². The molecule has 8 rings (SSSR count). The predicted molar refractivity (Wildman–Crippen MR) is 309 cm³/mol. The maximum atomic E-state index is 13.5. The number of carboxylic acids is 2. The van der Waals surface area contributed by atoms with Crippen molar-refractivity contribution in [3.63, 3.8) is 0 Å². The zero-order chi connectivity index (χ0) is 61.6. The lowest BCUT2D eigenvalue weighted by Crippen LogP contribution is -2.47. The molecule has 0 atom stereocenters. The van der Waals surface area contributed by atoms with Crippen molar-refractivity contribution in [3.05, 3.63) is 152 Å². The van der Waals surface area contributed by atoms with Gasteiger partial charge in [-0.25, -0.2) is 39.1 Å². The van der Waals surface area contributed by atoms with Crippen molar-refractivity contribution in [3.8, 4) is 22.5 Å². The number of rotatable bonds is 16. The number of aliphatic carboxylic acids is 2. The van der Waals surface area contributed by atoms with E-state index in [1.807, 2.05) is 126 Å². The number of hydrogen-bond acceptors (Lipinski definition) is 14. The highest BCUT2D eigenvalue weighted by Gasteiger charge is 2.37. The summed E-state index contributed by atoms with van der Waals surface area (Å²) in [5, 5.41) is 15.6. The van der Waals surface area contributed by atoms with Crippen LogP contribution in [0.1, 0.15) is 101 Å². The van der Waals surface area contributed by atoms with Gasteiger partial charge in [-0.15, -0.1) is 0 Å². The molecule has 84 heavy (non-hydrogen) atoms. The highest BCUT2D eigenvalue weighted by Crippen LogP contribution is 2.34. The summed E-state index contributed by atoms with van der Waals surface area (Å²) in [4.78, 5) is 77.6. The van der Waals surface area contributed by atoms with Crippen LogP contribution in [0.5, 0.6) is 0 Å². The fourth-order valence-corrected chi connectivity index (χ4v) is 9.15. The van der Waals surface area contributed by atoms with Crippen LogP contribution in [0.3, 0.4) is 0 Å². The van der Waals surface area contributed by atoms with Crippen molar-refractivity contribution in [2.24, 2.45) is 0 Å². The smallest absolute Gasteiger partial charge is 0.433 e. The maximum absolute atomic E-state index is 13.5. The number of aryl methyl sites for hydroxylation is 4. The van der Waals surface area contributed by atoms with Gasteiger partial charge in [-0.3, -0.25) is 18.9 Å². The molecule has 0 unspecified atom stereocenters. The number of piperazine rings is 2. The van der Waals surface area contributed by atoms with E-state index in [1.165, 1.54) is 0 Å². The van der Waals surface area contributed by atoms with Crippen LogP contribution in [-0.4, -0.2) is 136 Å². The van der Waals surface area contributed by atoms with E-state index < -0.39 is 46.5 Å². The molecule has 2 aliphatic heterocycles. The Morgan fingerprint density at radius 1 is 0.488 bits per heavy atom. The fraction of sp³-hybridized carbons (Fsp3) is 0.467. The molecule has 2 N–H and O–H groups in total. The summed E-state index contributed by atoms with van der Waals surface area (Å²) in [7, 11) is 0. The summed E-state index contributed by atoms with van der Waals surface area (Å²) in [6.07, 6.45) is -0.821. The van der Waals surface area contributed by atoms with E-state index in [0.717, 1.165) is 99.3 Å². The molecule has 2 aromatic carbocycles. The second kappa shape index (κ2) is 28.6. The Morgan fingerprint density at radius 2 is 0.821 bits per heavy atom. The number of alkyl halides is 6. The van der Waals surface area contributed by atoms with E-state index >= 15 is 0 Å². The van der Waals surface area contributed by atoms with Crippen molar-refractivity contribution >= 4 is 23.6 Å². The van der Waals surface area contributed by atoms with Gasteiger partial charge in [-0.1, -0.05) is 90.1 Å². The number of carboxylic acid groups (broad SMARTS) is 2. The minimum absolute atomic E-state index is 0.196. The molecule has 0 bridgehead atoms. The van der Waals surface area contributed by atoms with Crippen LogP contribution in [0.15, 0.2) is 107 Å². The van der Waals surface area contributed by atoms with E-state index in [-0.39, 0.29) is 23.0 Å². The van der Waals surface area contributed by atoms with Crippen molar-refractivity contribution in [1.29, 1.82) is 0 Å².